The van der Waals surface area contributed by atoms with Crippen molar-refractivity contribution in [3.63, 3.8) is 0 Å². The van der Waals surface area contributed by atoms with Crippen molar-refractivity contribution in [3.8, 4) is 0 Å². The van der Waals surface area contributed by atoms with E-state index in [9.17, 15) is 43.9 Å². The van der Waals surface area contributed by atoms with Crippen LogP contribution in [0.1, 0.15) is 22.3 Å². The van der Waals surface area contributed by atoms with Crippen molar-refractivity contribution in [2.45, 2.75) is 24.1 Å². The van der Waals surface area contributed by atoms with Crippen LogP contribution in [0, 0.1) is 5.82 Å². The van der Waals surface area contributed by atoms with Crippen LogP contribution in [0.2, 0.25) is 0 Å². The third kappa shape index (κ3) is 4.38. The fourth-order valence-corrected chi connectivity index (χ4v) is 3.20. The van der Waals surface area contributed by atoms with Crippen LogP contribution < -0.4 is 5.48 Å². The van der Waals surface area contributed by atoms with Crippen LogP contribution in [-0.4, -0.2) is 6.18 Å². The third-order valence-corrected chi connectivity index (χ3v) is 4.95. The van der Waals surface area contributed by atoms with Gasteiger partial charge in [-0.25, -0.2) is 4.39 Å². The molecule has 168 valence electrons. The number of nitrogens with one attached hydrogen (secondary N) is 1. The molecule has 0 saturated carbocycles. The first kappa shape index (κ1) is 23.4. The molecule has 1 heterocycles. The van der Waals surface area contributed by atoms with Gasteiger partial charge in [0.05, 0.1) is 21.3 Å². The molecule has 0 amide bonds. The molecule has 0 aliphatic carbocycles. The molecular formula is C18H8BrF10NO. The first-order chi connectivity index (χ1) is 14.0. The zero-order valence-corrected chi connectivity index (χ0v) is 16.2. The Morgan fingerprint density at radius 2 is 1.35 bits per heavy atom. The van der Waals surface area contributed by atoms with Crippen LogP contribution in [0.15, 0.2) is 46.9 Å². The Morgan fingerprint density at radius 1 is 0.806 bits per heavy atom. The Kier molecular flexibility index (Phi) is 5.58. The number of alkyl halides is 9. The molecule has 1 N–H and O–H groups in total. The zero-order valence-electron chi connectivity index (χ0n) is 14.6. The van der Waals surface area contributed by atoms with E-state index in [4.69, 9.17) is 0 Å². The molecule has 0 aromatic heterocycles. The Labute approximate surface area is 175 Å². The molecule has 1 unspecified atom stereocenters. The molecular weight excluding hydrogens is 516 g/mol. The molecule has 2 nitrogen and oxygen atoms in total. The predicted octanol–water partition coefficient (Wildman–Crippen LogP) is 6.96. The SMILES string of the molecule is Fc1ccc(C2=CC(c3cc(C(F)(F)F)cc(C(F)(F)F)c3)(C(F)(F)F)ON2)cc1Br. The smallest absolute Gasteiger partial charge is 0.265 e. The molecule has 1 atom stereocenters. The van der Waals surface area contributed by atoms with Crippen LogP contribution in [0.5, 0.6) is 0 Å². The summed E-state index contributed by atoms with van der Waals surface area (Å²) in [6, 6.07) is 2.56. The molecule has 0 saturated heterocycles. The van der Waals surface area contributed by atoms with Crippen LogP contribution >= 0.6 is 15.9 Å². The van der Waals surface area contributed by atoms with Crippen molar-refractivity contribution in [1.29, 1.82) is 0 Å². The Hall–Kier alpha value is -2.28. The minimum atomic E-state index is -5.47. The maximum absolute atomic E-state index is 13.9. The average molecular weight is 524 g/mol. The van der Waals surface area contributed by atoms with Crippen molar-refractivity contribution in [3.05, 3.63) is 75.0 Å². The highest BCUT2D eigenvalue weighted by molar-refractivity contribution is 9.10. The summed E-state index contributed by atoms with van der Waals surface area (Å²) in [4.78, 5) is 4.55. The van der Waals surface area contributed by atoms with Gasteiger partial charge in [-0.15, -0.1) is 0 Å². The van der Waals surface area contributed by atoms with Crippen molar-refractivity contribution >= 4 is 21.6 Å². The Bertz CT molecular complexity index is 1010. The van der Waals surface area contributed by atoms with E-state index >= 15 is 0 Å². The van der Waals surface area contributed by atoms with Crippen LogP contribution in [0.25, 0.3) is 5.70 Å². The lowest BCUT2D eigenvalue weighted by Gasteiger charge is -2.29. The van der Waals surface area contributed by atoms with E-state index in [2.05, 4.69) is 20.8 Å². The summed E-state index contributed by atoms with van der Waals surface area (Å²) in [7, 11) is 0. The Balaban J connectivity index is 2.25. The van der Waals surface area contributed by atoms with Gasteiger partial charge in [0.15, 0.2) is 0 Å². The summed E-state index contributed by atoms with van der Waals surface area (Å²) >= 11 is 2.83. The van der Waals surface area contributed by atoms with Gasteiger partial charge >= 0.3 is 18.5 Å². The largest absolute Gasteiger partial charge is 0.428 e. The fourth-order valence-electron chi connectivity index (χ4n) is 2.82. The molecule has 2 aromatic carbocycles. The molecule has 1 aliphatic rings. The minimum Gasteiger partial charge on any atom is -0.265 e. The van der Waals surface area contributed by atoms with Gasteiger partial charge in [-0.1, -0.05) is 0 Å². The van der Waals surface area contributed by atoms with Crippen molar-refractivity contribution in [1.82, 2.24) is 5.48 Å². The van der Waals surface area contributed by atoms with E-state index in [0.717, 1.165) is 18.2 Å². The normalized spacial score (nSPS) is 19.9. The first-order valence-electron chi connectivity index (χ1n) is 8.03. The lowest BCUT2D eigenvalue weighted by atomic mass is 9.88. The van der Waals surface area contributed by atoms with E-state index < -0.39 is 52.3 Å². The maximum atomic E-state index is 13.9. The number of benzene rings is 2. The van der Waals surface area contributed by atoms with Gasteiger partial charge in [0, 0.05) is 11.1 Å². The predicted molar refractivity (Wildman–Crippen MR) is 90.5 cm³/mol. The Morgan fingerprint density at radius 3 is 1.81 bits per heavy atom. The molecule has 0 spiro atoms. The van der Waals surface area contributed by atoms with Gasteiger partial charge in [-0.05, 0) is 58.4 Å². The molecule has 1 aliphatic heterocycles. The van der Waals surface area contributed by atoms with Crippen LogP contribution in [0.4, 0.5) is 43.9 Å². The van der Waals surface area contributed by atoms with Gasteiger partial charge in [0.2, 0.25) is 5.60 Å². The summed E-state index contributed by atoms with van der Waals surface area (Å²) < 4.78 is 134. The van der Waals surface area contributed by atoms with E-state index in [1.165, 1.54) is 0 Å². The second kappa shape index (κ2) is 7.40. The monoisotopic (exact) mass is 523 g/mol. The van der Waals surface area contributed by atoms with E-state index in [-0.39, 0.29) is 28.2 Å². The highest BCUT2D eigenvalue weighted by Crippen LogP contribution is 2.49. The van der Waals surface area contributed by atoms with Gasteiger partial charge < -0.3 is 0 Å². The minimum absolute atomic E-state index is 0.0651. The number of hydrogen-bond donors (Lipinski definition) is 1. The summed E-state index contributed by atoms with van der Waals surface area (Å²) in [5.74, 6) is -0.752. The van der Waals surface area contributed by atoms with Crippen LogP contribution in [0.3, 0.4) is 0 Å². The molecule has 0 bridgehead atoms. The van der Waals surface area contributed by atoms with Gasteiger partial charge in [0.1, 0.15) is 5.82 Å². The van der Waals surface area contributed by atoms with Crippen molar-refractivity contribution in [2.24, 2.45) is 0 Å². The summed E-state index contributed by atoms with van der Waals surface area (Å²) in [5, 5.41) is 0. The molecule has 13 heteroatoms. The summed E-state index contributed by atoms with van der Waals surface area (Å²) in [6.45, 7) is 0. The van der Waals surface area contributed by atoms with Gasteiger partial charge in [0.25, 0.3) is 0 Å². The second-order valence-electron chi connectivity index (χ2n) is 6.42. The second-order valence-corrected chi connectivity index (χ2v) is 7.27. The lowest BCUT2D eigenvalue weighted by molar-refractivity contribution is -0.269. The standard InChI is InChI=1S/C18H8BrF10NO/c19-12-3-8(1-2-13(12)20)14-7-15(31-30-14,18(27,28)29)9-4-10(16(21,22)23)6-11(5-9)17(24,25)26/h1-7,30H. The van der Waals surface area contributed by atoms with E-state index in [1.54, 1.807) is 0 Å². The van der Waals surface area contributed by atoms with E-state index in [0.29, 0.717) is 6.08 Å². The molecule has 0 radical (unpaired) electrons. The summed E-state index contributed by atoms with van der Waals surface area (Å²) in [5.41, 5.74) is -7.62. The average Bonchev–Trinajstić information content (AvgIpc) is 3.09. The first-order valence-corrected chi connectivity index (χ1v) is 8.83. The number of hydroxylamine groups is 1. The topological polar surface area (TPSA) is 21.3 Å². The third-order valence-electron chi connectivity index (χ3n) is 4.34. The number of hydrogen-bond acceptors (Lipinski definition) is 2. The molecule has 2 aromatic rings. The zero-order chi connectivity index (χ0) is 23.4. The highest BCUT2D eigenvalue weighted by atomic mass is 79.9. The lowest BCUT2D eigenvalue weighted by Crippen LogP contribution is -2.43. The van der Waals surface area contributed by atoms with E-state index in [1.807, 2.05) is 5.48 Å². The number of halogens is 11. The molecule has 0 fully saturated rings. The van der Waals surface area contributed by atoms with Crippen molar-refractivity contribution in [2.75, 3.05) is 0 Å². The van der Waals surface area contributed by atoms with Gasteiger partial charge in [-0.3, -0.25) is 10.3 Å². The number of rotatable bonds is 2. The fraction of sp³-hybridized carbons (Fsp3) is 0.222. The van der Waals surface area contributed by atoms with Crippen LogP contribution in [-0.2, 0) is 22.8 Å². The molecule has 31 heavy (non-hydrogen) atoms. The summed E-state index contributed by atoms with van der Waals surface area (Å²) in [6.07, 6.45) is -15.9. The van der Waals surface area contributed by atoms with Crippen molar-refractivity contribution < 1.29 is 48.7 Å². The highest BCUT2D eigenvalue weighted by Gasteiger charge is 2.60. The maximum Gasteiger partial charge on any atom is 0.428 e. The van der Waals surface area contributed by atoms with Gasteiger partial charge in [-0.2, -0.15) is 39.5 Å². The molecule has 3 rings (SSSR count). The quantitative estimate of drug-likeness (QED) is 0.430.